The molecule has 1 saturated heterocycles. The lowest BCUT2D eigenvalue weighted by Crippen LogP contribution is -2.49. The fourth-order valence-corrected chi connectivity index (χ4v) is 3.14. The molecule has 5 heteroatoms. The third kappa shape index (κ3) is 4.76. The fraction of sp³-hybridized carbons (Fsp3) is 0.381. The van der Waals surface area contributed by atoms with E-state index in [4.69, 9.17) is 4.74 Å². The predicted octanol–water partition coefficient (Wildman–Crippen LogP) is 3.74. The van der Waals surface area contributed by atoms with Gasteiger partial charge in [0.25, 0.3) is 0 Å². The Morgan fingerprint density at radius 3 is 2.38 bits per heavy atom. The summed E-state index contributed by atoms with van der Waals surface area (Å²) in [5, 5.41) is 2.97. The van der Waals surface area contributed by atoms with Crippen molar-refractivity contribution in [3.63, 3.8) is 0 Å². The summed E-state index contributed by atoms with van der Waals surface area (Å²) >= 11 is 0. The van der Waals surface area contributed by atoms with Gasteiger partial charge in [0.1, 0.15) is 5.75 Å². The van der Waals surface area contributed by atoms with E-state index in [0.717, 1.165) is 44.2 Å². The van der Waals surface area contributed by atoms with Gasteiger partial charge in [-0.3, -0.25) is 4.90 Å². The number of nitrogens with one attached hydrogen (secondary N) is 1. The number of benzene rings is 2. The third-order valence-corrected chi connectivity index (χ3v) is 4.73. The van der Waals surface area contributed by atoms with Gasteiger partial charge < -0.3 is 15.0 Å². The van der Waals surface area contributed by atoms with E-state index in [0.29, 0.717) is 6.61 Å². The van der Waals surface area contributed by atoms with Crippen LogP contribution in [0.2, 0.25) is 0 Å². The number of anilines is 1. The van der Waals surface area contributed by atoms with E-state index in [1.807, 2.05) is 36.1 Å². The number of rotatable bonds is 5. The highest BCUT2D eigenvalue weighted by atomic mass is 16.5. The Morgan fingerprint density at radius 2 is 1.73 bits per heavy atom. The van der Waals surface area contributed by atoms with Gasteiger partial charge >= 0.3 is 6.03 Å². The minimum atomic E-state index is -0.0373. The third-order valence-electron chi connectivity index (χ3n) is 4.73. The highest BCUT2D eigenvalue weighted by Crippen LogP contribution is 2.17. The Morgan fingerprint density at radius 1 is 1.04 bits per heavy atom. The zero-order valence-electron chi connectivity index (χ0n) is 15.6. The van der Waals surface area contributed by atoms with Gasteiger partial charge in [-0.25, -0.2) is 4.79 Å². The van der Waals surface area contributed by atoms with E-state index in [1.54, 1.807) is 0 Å². The molecule has 0 radical (unpaired) electrons. The Balaban J connectivity index is 1.48. The molecule has 0 unspecified atom stereocenters. The Labute approximate surface area is 155 Å². The summed E-state index contributed by atoms with van der Waals surface area (Å²) in [6.07, 6.45) is 0. The normalized spacial score (nSPS) is 14.9. The zero-order chi connectivity index (χ0) is 18.4. The van der Waals surface area contributed by atoms with E-state index >= 15 is 0 Å². The maximum atomic E-state index is 12.5. The first-order valence-electron chi connectivity index (χ1n) is 9.21. The smallest absolute Gasteiger partial charge is 0.321 e. The second kappa shape index (κ2) is 8.72. The largest absolute Gasteiger partial charge is 0.494 e. The summed E-state index contributed by atoms with van der Waals surface area (Å²) in [5.41, 5.74) is 3.48. The first-order valence-corrected chi connectivity index (χ1v) is 9.21. The number of nitrogens with zero attached hydrogens (tertiary/aromatic N) is 2. The number of aryl methyl sites for hydroxylation is 1. The van der Waals surface area contributed by atoms with Gasteiger partial charge in [-0.2, -0.15) is 0 Å². The van der Waals surface area contributed by atoms with E-state index in [1.165, 1.54) is 11.1 Å². The van der Waals surface area contributed by atoms with Crippen LogP contribution in [0.5, 0.6) is 5.75 Å². The van der Waals surface area contributed by atoms with Crippen LogP contribution < -0.4 is 10.1 Å². The highest BCUT2D eigenvalue weighted by molar-refractivity contribution is 5.89. The van der Waals surface area contributed by atoms with E-state index < -0.39 is 0 Å². The summed E-state index contributed by atoms with van der Waals surface area (Å²) in [6, 6.07) is 15.9. The molecule has 2 aromatic carbocycles. The molecule has 1 N–H and O–H groups in total. The van der Waals surface area contributed by atoms with Gasteiger partial charge in [0, 0.05) is 38.4 Å². The summed E-state index contributed by atoms with van der Waals surface area (Å²) in [6.45, 7) is 8.96. The number of ether oxygens (including phenoxy) is 1. The van der Waals surface area contributed by atoms with Crippen LogP contribution in [0.1, 0.15) is 18.1 Å². The minimum absolute atomic E-state index is 0.0373. The van der Waals surface area contributed by atoms with Crippen molar-refractivity contribution in [2.45, 2.75) is 20.4 Å². The van der Waals surface area contributed by atoms with Crippen molar-refractivity contribution in [3.8, 4) is 5.75 Å². The second-order valence-electron chi connectivity index (χ2n) is 6.58. The van der Waals surface area contributed by atoms with Gasteiger partial charge in [-0.15, -0.1) is 0 Å². The molecule has 0 aromatic heterocycles. The molecule has 0 aliphatic carbocycles. The van der Waals surface area contributed by atoms with Crippen LogP contribution in [-0.2, 0) is 6.54 Å². The van der Waals surface area contributed by atoms with E-state index in [-0.39, 0.29) is 6.03 Å². The SMILES string of the molecule is CCOc1ccc(NC(=O)N2CCN(Cc3ccccc3C)CC2)cc1. The van der Waals surface area contributed by atoms with Gasteiger partial charge in [-0.05, 0) is 49.2 Å². The Kier molecular flexibility index (Phi) is 6.12. The van der Waals surface area contributed by atoms with Crippen LogP contribution in [0.3, 0.4) is 0 Å². The van der Waals surface area contributed by atoms with Crippen molar-refractivity contribution < 1.29 is 9.53 Å². The lowest BCUT2D eigenvalue weighted by atomic mass is 10.1. The summed E-state index contributed by atoms with van der Waals surface area (Å²) in [5.74, 6) is 0.815. The number of piperazine rings is 1. The first-order chi connectivity index (χ1) is 12.7. The molecule has 1 heterocycles. The molecular weight excluding hydrogens is 326 g/mol. The van der Waals surface area contributed by atoms with Crippen molar-refractivity contribution in [1.29, 1.82) is 0 Å². The molecular formula is C21H27N3O2. The van der Waals surface area contributed by atoms with Crippen LogP contribution in [-0.4, -0.2) is 48.6 Å². The van der Waals surface area contributed by atoms with Crippen molar-refractivity contribution in [2.24, 2.45) is 0 Å². The molecule has 0 spiro atoms. The van der Waals surface area contributed by atoms with Gasteiger partial charge in [0.15, 0.2) is 0 Å². The average molecular weight is 353 g/mol. The number of urea groups is 1. The molecule has 2 aromatic rings. The number of carbonyl (C=O) groups excluding carboxylic acids is 1. The monoisotopic (exact) mass is 353 g/mol. The molecule has 138 valence electrons. The molecule has 2 amide bonds. The second-order valence-corrected chi connectivity index (χ2v) is 6.58. The van der Waals surface area contributed by atoms with Crippen molar-refractivity contribution in [1.82, 2.24) is 9.80 Å². The molecule has 0 atom stereocenters. The molecule has 1 aliphatic heterocycles. The lowest BCUT2D eigenvalue weighted by Gasteiger charge is -2.35. The minimum Gasteiger partial charge on any atom is -0.494 e. The standard InChI is InChI=1S/C21H27N3O2/c1-3-26-20-10-8-19(9-11-20)22-21(25)24-14-12-23(13-15-24)16-18-7-5-4-6-17(18)2/h4-11H,3,12-16H2,1-2H3,(H,22,25). The molecule has 0 saturated carbocycles. The van der Waals surface area contributed by atoms with Gasteiger partial charge in [-0.1, -0.05) is 24.3 Å². The molecule has 1 aliphatic rings. The lowest BCUT2D eigenvalue weighted by molar-refractivity contribution is 0.143. The Hall–Kier alpha value is -2.53. The zero-order valence-corrected chi connectivity index (χ0v) is 15.6. The molecule has 5 nitrogen and oxygen atoms in total. The molecule has 3 rings (SSSR count). The summed E-state index contributed by atoms with van der Waals surface area (Å²) in [4.78, 5) is 16.7. The number of carbonyl (C=O) groups is 1. The van der Waals surface area contributed by atoms with E-state index in [2.05, 4.69) is 41.4 Å². The average Bonchev–Trinajstić information content (AvgIpc) is 2.66. The first kappa shape index (κ1) is 18.3. The molecule has 1 fully saturated rings. The quantitative estimate of drug-likeness (QED) is 0.890. The topological polar surface area (TPSA) is 44.8 Å². The van der Waals surface area contributed by atoms with Crippen LogP contribution in [0.25, 0.3) is 0 Å². The van der Waals surface area contributed by atoms with Gasteiger partial charge in [0.05, 0.1) is 6.61 Å². The van der Waals surface area contributed by atoms with Crippen LogP contribution in [0.4, 0.5) is 10.5 Å². The van der Waals surface area contributed by atoms with Gasteiger partial charge in [0.2, 0.25) is 0 Å². The van der Waals surface area contributed by atoms with Crippen LogP contribution >= 0.6 is 0 Å². The van der Waals surface area contributed by atoms with E-state index in [9.17, 15) is 4.79 Å². The number of amides is 2. The highest BCUT2D eigenvalue weighted by Gasteiger charge is 2.21. The number of hydrogen-bond donors (Lipinski definition) is 1. The fourth-order valence-electron chi connectivity index (χ4n) is 3.14. The van der Waals surface area contributed by atoms with Crippen molar-refractivity contribution in [3.05, 3.63) is 59.7 Å². The van der Waals surface area contributed by atoms with Crippen molar-refractivity contribution in [2.75, 3.05) is 38.1 Å². The maximum Gasteiger partial charge on any atom is 0.321 e. The van der Waals surface area contributed by atoms with Crippen molar-refractivity contribution >= 4 is 11.7 Å². The molecule has 26 heavy (non-hydrogen) atoms. The van der Waals surface area contributed by atoms with Crippen LogP contribution in [0, 0.1) is 6.92 Å². The maximum absolute atomic E-state index is 12.5. The predicted molar refractivity (Wildman–Crippen MR) is 105 cm³/mol. The van der Waals surface area contributed by atoms with Crippen LogP contribution in [0.15, 0.2) is 48.5 Å². The molecule has 0 bridgehead atoms. The summed E-state index contributed by atoms with van der Waals surface area (Å²) < 4.78 is 5.42. The summed E-state index contributed by atoms with van der Waals surface area (Å²) in [7, 11) is 0. The Bertz CT molecular complexity index is 722. The number of hydrogen-bond acceptors (Lipinski definition) is 3.